The molecule has 0 rings (SSSR count). The van der Waals surface area contributed by atoms with Gasteiger partial charge in [-0.15, -0.1) is 0 Å². The highest BCUT2D eigenvalue weighted by atomic mass is 16.4. The second-order valence-electron chi connectivity index (χ2n) is 12.5. The summed E-state index contributed by atoms with van der Waals surface area (Å²) in [5.41, 5.74) is 0. The zero-order chi connectivity index (χ0) is 31.2. The summed E-state index contributed by atoms with van der Waals surface area (Å²) in [5, 5.41) is 27.1. The van der Waals surface area contributed by atoms with Crippen molar-refractivity contribution in [2.45, 2.75) is 167 Å². The Bertz CT molecular complexity index is 638. The van der Waals surface area contributed by atoms with Crippen molar-refractivity contribution in [3.8, 4) is 0 Å². The molecule has 42 heavy (non-hydrogen) atoms. The summed E-state index contributed by atoms with van der Waals surface area (Å²) >= 11 is 0. The summed E-state index contributed by atoms with van der Waals surface area (Å²) in [6.07, 6.45) is 30.8. The number of unbranched alkanes of at least 4 members (excludes halogenated alkanes) is 18. The Hall–Kier alpha value is -1.89. The zero-order valence-electron chi connectivity index (χ0n) is 27.2. The summed E-state index contributed by atoms with van der Waals surface area (Å²) in [7, 11) is 0. The molecule has 0 spiro atoms. The molecule has 0 heterocycles. The second kappa shape index (κ2) is 29.2. The number of allylic oxidation sites excluding steroid dienone is 1. The highest BCUT2D eigenvalue weighted by Crippen LogP contribution is 2.18. The van der Waals surface area contributed by atoms with E-state index in [1.165, 1.54) is 96.3 Å². The van der Waals surface area contributed by atoms with Gasteiger partial charge in [0.1, 0.15) is 0 Å². The van der Waals surface area contributed by atoms with E-state index >= 15 is 0 Å². The van der Waals surface area contributed by atoms with Crippen molar-refractivity contribution in [2.75, 3.05) is 26.2 Å². The van der Waals surface area contributed by atoms with Gasteiger partial charge in [0.2, 0.25) is 0 Å². The smallest absolute Gasteiger partial charge is 0.303 e. The molecule has 0 fully saturated rings. The first-order valence-electron chi connectivity index (χ1n) is 17.5. The summed E-state index contributed by atoms with van der Waals surface area (Å²) in [5.74, 6) is -2.33. The maximum Gasteiger partial charge on any atom is 0.303 e. The largest absolute Gasteiger partial charge is 0.481 e. The minimum Gasteiger partial charge on any atom is -0.481 e. The van der Waals surface area contributed by atoms with Crippen LogP contribution in [0, 0.1) is 0 Å². The quantitative estimate of drug-likeness (QED) is 0.0395. The lowest BCUT2D eigenvalue weighted by molar-refractivity contribution is -0.923. The molecule has 0 atom stereocenters. The molecule has 0 aromatic rings. The van der Waals surface area contributed by atoms with Crippen molar-refractivity contribution in [1.82, 2.24) is 0 Å². The van der Waals surface area contributed by atoms with E-state index in [0.29, 0.717) is 19.3 Å². The van der Waals surface area contributed by atoms with Crippen LogP contribution in [0.5, 0.6) is 0 Å². The molecular formula is C35H66NO6+. The molecule has 0 bridgehead atoms. The van der Waals surface area contributed by atoms with E-state index in [4.69, 9.17) is 15.3 Å². The molecule has 3 N–H and O–H groups in total. The second-order valence-corrected chi connectivity index (χ2v) is 12.5. The van der Waals surface area contributed by atoms with Crippen LogP contribution in [-0.4, -0.2) is 63.9 Å². The van der Waals surface area contributed by atoms with Crippen LogP contribution in [0.3, 0.4) is 0 Å². The van der Waals surface area contributed by atoms with E-state index in [9.17, 15) is 14.4 Å². The Balaban J connectivity index is 4.41. The molecular weight excluding hydrogens is 530 g/mol. The van der Waals surface area contributed by atoms with E-state index in [1.807, 2.05) is 0 Å². The molecule has 0 aliphatic rings. The Kier molecular flexibility index (Phi) is 27.9. The van der Waals surface area contributed by atoms with Gasteiger partial charge in [-0.2, -0.15) is 0 Å². The summed E-state index contributed by atoms with van der Waals surface area (Å²) in [6, 6.07) is 0. The van der Waals surface area contributed by atoms with Crippen molar-refractivity contribution >= 4 is 17.9 Å². The van der Waals surface area contributed by atoms with Crippen LogP contribution in [0.15, 0.2) is 12.2 Å². The first-order valence-corrected chi connectivity index (χ1v) is 17.5. The van der Waals surface area contributed by atoms with Crippen LogP contribution in [0.1, 0.15) is 167 Å². The Morgan fingerprint density at radius 3 is 1.12 bits per heavy atom. The molecule has 0 aromatic heterocycles. The number of quaternary nitrogens is 1. The van der Waals surface area contributed by atoms with Crippen molar-refractivity contribution in [2.24, 2.45) is 0 Å². The highest BCUT2D eigenvalue weighted by Gasteiger charge is 2.25. The minimum atomic E-state index is -0.778. The normalized spacial score (nSPS) is 11.8. The third kappa shape index (κ3) is 28.2. The van der Waals surface area contributed by atoms with Gasteiger partial charge < -0.3 is 19.8 Å². The highest BCUT2D eigenvalue weighted by molar-refractivity contribution is 5.67. The number of hydrogen-bond acceptors (Lipinski definition) is 3. The van der Waals surface area contributed by atoms with Crippen molar-refractivity contribution in [3.63, 3.8) is 0 Å². The third-order valence-corrected chi connectivity index (χ3v) is 8.45. The van der Waals surface area contributed by atoms with E-state index in [-0.39, 0.29) is 19.3 Å². The van der Waals surface area contributed by atoms with Gasteiger partial charge in [-0.05, 0) is 57.4 Å². The van der Waals surface area contributed by atoms with Gasteiger partial charge in [-0.3, -0.25) is 14.4 Å². The zero-order valence-corrected chi connectivity index (χ0v) is 27.2. The van der Waals surface area contributed by atoms with Crippen molar-refractivity contribution in [3.05, 3.63) is 12.2 Å². The first kappa shape index (κ1) is 40.1. The summed E-state index contributed by atoms with van der Waals surface area (Å²) in [4.78, 5) is 33.0. The molecule has 246 valence electrons. The van der Waals surface area contributed by atoms with Crippen LogP contribution < -0.4 is 0 Å². The monoisotopic (exact) mass is 596 g/mol. The predicted molar refractivity (Wildman–Crippen MR) is 173 cm³/mol. The molecule has 0 saturated heterocycles. The van der Waals surface area contributed by atoms with E-state index in [0.717, 1.165) is 56.3 Å². The number of rotatable bonds is 33. The number of aliphatic carboxylic acids is 3. The predicted octanol–water partition coefficient (Wildman–Crippen LogP) is 9.39. The molecule has 0 aromatic carbocycles. The molecule has 0 saturated carbocycles. The number of hydrogen-bond donors (Lipinski definition) is 3. The van der Waals surface area contributed by atoms with Crippen molar-refractivity contribution < 1.29 is 34.2 Å². The van der Waals surface area contributed by atoms with Gasteiger partial charge in [0.25, 0.3) is 0 Å². The summed E-state index contributed by atoms with van der Waals surface area (Å²) < 4.78 is 0.786. The van der Waals surface area contributed by atoms with Gasteiger partial charge in [0.15, 0.2) is 0 Å². The average molecular weight is 597 g/mol. The standard InChI is InChI=1S/C35H65NO6/c1-2-3-4-5-6-7-8-9-10-11-12-13-14-15-16-17-18-22-29-36(30-23-19-26-33(37)38,31-24-20-27-34(39)40)32-25-21-28-35(41)42/h18,22H,2-17,19-21,23-32H2,1H3,(H2-,37,38,39,40,41,42)/p+1/b22-18+. The lowest BCUT2D eigenvalue weighted by Crippen LogP contribution is -2.50. The molecule has 0 radical (unpaired) electrons. The van der Waals surface area contributed by atoms with Gasteiger partial charge >= 0.3 is 17.9 Å². The molecule has 0 amide bonds. The Morgan fingerprint density at radius 2 is 0.786 bits per heavy atom. The van der Waals surface area contributed by atoms with Gasteiger partial charge in [0, 0.05) is 19.3 Å². The van der Waals surface area contributed by atoms with E-state index in [1.54, 1.807) is 0 Å². The van der Waals surface area contributed by atoms with E-state index in [2.05, 4.69) is 19.1 Å². The molecule has 0 unspecified atom stereocenters. The fourth-order valence-electron chi connectivity index (χ4n) is 5.83. The molecule has 7 nitrogen and oxygen atoms in total. The lowest BCUT2D eigenvalue weighted by Gasteiger charge is -2.38. The number of carbonyl (C=O) groups is 3. The van der Waals surface area contributed by atoms with Crippen LogP contribution in [0.2, 0.25) is 0 Å². The third-order valence-electron chi connectivity index (χ3n) is 8.45. The number of carboxylic acids is 3. The fourth-order valence-corrected chi connectivity index (χ4v) is 5.83. The van der Waals surface area contributed by atoms with Crippen LogP contribution in [0.25, 0.3) is 0 Å². The van der Waals surface area contributed by atoms with E-state index < -0.39 is 17.9 Å². The Morgan fingerprint density at radius 1 is 0.452 bits per heavy atom. The van der Waals surface area contributed by atoms with Gasteiger partial charge in [0.05, 0.1) is 26.2 Å². The molecule has 0 aliphatic carbocycles. The number of nitrogens with zero attached hydrogens (tertiary/aromatic N) is 1. The lowest BCUT2D eigenvalue weighted by atomic mass is 10.0. The minimum absolute atomic E-state index is 0.160. The average Bonchev–Trinajstić information content (AvgIpc) is 2.94. The van der Waals surface area contributed by atoms with Gasteiger partial charge in [-0.1, -0.05) is 103 Å². The van der Waals surface area contributed by atoms with Crippen LogP contribution in [0.4, 0.5) is 0 Å². The maximum atomic E-state index is 11.0. The van der Waals surface area contributed by atoms with Gasteiger partial charge in [-0.25, -0.2) is 0 Å². The maximum absolute atomic E-state index is 11.0. The fraction of sp³-hybridized carbons (Fsp3) is 0.857. The van der Waals surface area contributed by atoms with Crippen LogP contribution >= 0.6 is 0 Å². The molecule has 0 aliphatic heterocycles. The topological polar surface area (TPSA) is 112 Å². The Labute approximate surface area is 257 Å². The van der Waals surface area contributed by atoms with Crippen molar-refractivity contribution in [1.29, 1.82) is 0 Å². The number of carboxylic acid groups (broad SMARTS) is 3. The summed E-state index contributed by atoms with van der Waals surface area (Å²) in [6.45, 7) is 5.64. The van der Waals surface area contributed by atoms with Crippen LogP contribution in [-0.2, 0) is 14.4 Å². The SMILES string of the molecule is CCCCCCCCCCCCCCCCC/C=C/C[N+](CCCCC(=O)O)(CCCCC(=O)O)CCCCC(=O)O. The molecule has 7 heteroatoms. The first-order chi connectivity index (χ1) is 20.3.